The monoisotopic (exact) mass is 760 g/mol. The molecule has 55 heavy (non-hydrogen) atoms. The zero-order chi connectivity index (χ0) is 39.1. The van der Waals surface area contributed by atoms with Crippen molar-refractivity contribution >= 4 is 29.4 Å². The molecule has 7 fully saturated rings. The molecule has 1 N–H and O–H groups in total. The Balaban J connectivity index is 0.778. The van der Waals surface area contributed by atoms with Crippen molar-refractivity contribution in [2.45, 2.75) is 169 Å². The van der Waals surface area contributed by atoms with Crippen molar-refractivity contribution in [3.05, 3.63) is 11.6 Å². The van der Waals surface area contributed by atoms with Crippen LogP contribution in [0.1, 0.15) is 157 Å². The first-order valence-electron chi connectivity index (χ1n) is 22.5. The van der Waals surface area contributed by atoms with Gasteiger partial charge >= 0.3 is 11.9 Å². The fourth-order valence-corrected chi connectivity index (χ4v) is 15.7. The predicted octanol–water partition coefficient (Wildman–Crippen LogP) is 8.73. The molecule has 8 heteroatoms. The third-order valence-corrected chi connectivity index (χ3v) is 18.7. The van der Waals surface area contributed by atoms with Crippen LogP contribution in [0.3, 0.4) is 0 Å². The number of hydrogen-bond donors (Lipinski definition) is 1. The summed E-state index contributed by atoms with van der Waals surface area (Å²) in [7, 11) is 0. The summed E-state index contributed by atoms with van der Waals surface area (Å²) in [5.41, 5.74) is 1.66. The third-order valence-electron chi connectivity index (χ3n) is 18.7. The highest BCUT2D eigenvalue weighted by atomic mass is 16.5. The van der Waals surface area contributed by atoms with Crippen molar-refractivity contribution in [2.24, 2.45) is 74.9 Å². The van der Waals surface area contributed by atoms with Crippen molar-refractivity contribution in [2.75, 3.05) is 6.54 Å². The third kappa shape index (κ3) is 6.58. The Hall–Kier alpha value is -2.51. The normalized spacial score (nSPS) is 47.2. The van der Waals surface area contributed by atoms with Gasteiger partial charge in [0.1, 0.15) is 18.0 Å². The first kappa shape index (κ1) is 39.3. The first-order chi connectivity index (χ1) is 26.1. The number of rotatable bonds is 8. The van der Waals surface area contributed by atoms with Crippen LogP contribution in [0.4, 0.5) is 0 Å². The predicted molar refractivity (Wildman–Crippen MR) is 209 cm³/mol. The maximum atomic E-state index is 13.1. The molecule has 8 nitrogen and oxygen atoms in total. The van der Waals surface area contributed by atoms with E-state index in [4.69, 9.17) is 9.47 Å². The van der Waals surface area contributed by atoms with E-state index in [1.54, 1.807) is 0 Å². The Morgan fingerprint density at radius 1 is 0.673 bits per heavy atom. The number of esters is 2. The molecule has 0 saturated heterocycles. The fraction of sp³-hybridized carbons (Fsp3) is 0.851. The van der Waals surface area contributed by atoms with Crippen LogP contribution < -0.4 is 5.32 Å². The number of nitrogens with one attached hydrogen (secondary N) is 1. The Morgan fingerprint density at radius 2 is 1.27 bits per heavy atom. The molecule has 7 saturated carbocycles. The minimum Gasteiger partial charge on any atom is -0.462 e. The van der Waals surface area contributed by atoms with Crippen LogP contribution in [-0.4, -0.2) is 48.2 Å². The molecular formula is C47H69NO7. The van der Waals surface area contributed by atoms with E-state index in [-0.39, 0.29) is 83.3 Å². The summed E-state index contributed by atoms with van der Waals surface area (Å²) in [6.07, 6.45) is 16.5. The van der Waals surface area contributed by atoms with Gasteiger partial charge in [-0.1, -0.05) is 47.1 Å². The SMILES string of the molecule is C[C@@H]1CC2CC(=O)CC[C@]2(C)C2CC[C@@]3(C)C(CC[C@@H]3OC(=O)CCC(=O)NCCC(=O)O[C@H]3CCC4C5C(CC[C@@]43C)[C@@]3(C)CCC(=O)C=C3C[C@H]5C)C21. The molecule has 7 unspecified atom stereocenters. The summed E-state index contributed by atoms with van der Waals surface area (Å²) < 4.78 is 12.4. The Labute approximate surface area is 329 Å². The lowest BCUT2D eigenvalue weighted by Crippen LogP contribution is -2.56. The van der Waals surface area contributed by atoms with Gasteiger partial charge < -0.3 is 14.8 Å². The summed E-state index contributed by atoms with van der Waals surface area (Å²) >= 11 is 0. The molecule has 1 amide bonds. The van der Waals surface area contributed by atoms with Crippen LogP contribution in [0.5, 0.6) is 0 Å². The number of amides is 1. The zero-order valence-corrected chi connectivity index (χ0v) is 34.7. The number of fused-ring (bicyclic) bond motifs is 10. The number of allylic oxidation sites excluding steroid dienone is 1. The van der Waals surface area contributed by atoms with Crippen molar-refractivity contribution in [1.82, 2.24) is 5.32 Å². The number of carbonyl (C=O) groups excluding carboxylic acids is 5. The van der Waals surface area contributed by atoms with Crippen LogP contribution in [0.15, 0.2) is 11.6 Å². The minimum atomic E-state index is -0.303. The van der Waals surface area contributed by atoms with Gasteiger partial charge in [0.2, 0.25) is 5.91 Å². The highest BCUT2D eigenvalue weighted by molar-refractivity contribution is 5.91. The number of carbonyl (C=O) groups is 5. The molecule has 0 heterocycles. The highest BCUT2D eigenvalue weighted by Gasteiger charge is 2.64. The molecule has 8 aliphatic rings. The van der Waals surface area contributed by atoms with E-state index in [1.807, 2.05) is 6.08 Å². The largest absolute Gasteiger partial charge is 0.462 e. The average molecular weight is 760 g/mol. The van der Waals surface area contributed by atoms with E-state index >= 15 is 0 Å². The summed E-state index contributed by atoms with van der Waals surface area (Å²) in [4.78, 5) is 63.7. The van der Waals surface area contributed by atoms with Crippen LogP contribution >= 0.6 is 0 Å². The number of ketones is 2. The van der Waals surface area contributed by atoms with Crippen LogP contribution in [-0.2, 0) is 33.4 Å². The number of hydrogen-bond acceptors (Lipinski definition) is 7. The Bertz CT molecular complexity index is 1620. The van der Waals surface area contributed by atoms with E-state index < -0.39 is 0 Å². The Morgan fingerprint density at radius 3 is 1.95 bits per heavy atom. The van der Waals surface area contributed by atoms with Gasteiger partial charge in [-0.2, -0.15) is 0 Å². The van der Waals surface area contributed by atoms with Gasteiger partial charge in [-0.3, -0.25) is 24.0 Å². The number of Topliss-reactive ketones (excluding diaryl/α,β-unsaturated/α-hetero) is 1. The summed E-state index contributed by atoms with van der Waals surface area (Å²) in [5, 5.41) is 2.85. The highest BCUT2D eigenvalue weighted by Crippen LogP contribution is 2.69. The molecular weight excluding hydrogens is 691 g/mol. The minimum absolute atomic E-state index is 0.0398. The van der Waals surface area contributed by atoms with Crippen molar-refractivity contribution in [3.63, 3.8) is 0 Å². The molecule has 8 aliphatic carbocycles. The standard InChI is InChI=1S/C47H69NO7/c1-27-23-29-25-31(49)13-18-44(29,3)35-15-20-46(5)33(42(27)35)7-9-37(46)54-40(52)12-11-39(51)48-22-17-41(53)55-38-10-8-34-43-28(2)24-30-26-32(50)14-19-45(30,4)36(43)16-21-47(34,38)6/h26-29,33-38,42-43H,7-25H2,1-6H3,(H,48,51)/t27-,28-,29?,33?,34?,35?,36?,37+,38+,42?,43?,44+,45+,46+,47+/m1/s1. The molecule has 15 atom stereocenters. The lowest BCUT2D eigenvalue weighted by Gasteiger charge is -2.62. The average Bonchev–Trinajstić information content (AvgIpc) is 3.64. The van der Waals surface area contributed by atoms with E-state index in [1.165, 1.54) is 5.57 Å². The van der Waals surface area contributed by atoms with Gasteiger partial charge in [0, 0.05) is 43.1 Å². The molecule has 0 radical (unpaired) electrons. The van der Waals surface area contributed by atoms with Crippen LogP contribution in [0.2, 0.25) is 0 Å². The van der Waals surface area contributed by atoms with Gasteiger partial charge in [0.25, 0.3) is 0 Å². The van der Waals surface area contributed by atoms with Crippen LogP contribution in [0.25, 0.3) is 0 Å². The topological polar surface area (TPSA) is 116 Å². The van der Waals surface area contributed by atoms with E-state index in [0.29, 0.717) is 65.5 Å². The first-order valence-corrected chi connectivity index (χ1v) is 22.5. The smallest absolute Gasteiger partial charge is 0.307 e. The number of ether oxygens (including phenoxy) is 2. The van der Waals surface area contributed by atoms with Crippen molar-refractivity contribution < 1.29 is 33.4 Å². The summed E-state index contributed by atoms with van der Waals surface area (Å²) in [5.74, 6) is 4.99. The zero-order valence-electron chi connectivity index (χ0n) is 34.7. The van der Waals surface area contributed by atoms with Crippen LogP contribution in [0, 0.1) is 74.9 Å². The van der Waals surface area contributed by atoms with Gasteiger partial charge in [-0.25, -0.2) is 0 Å². The van der Waals surface area contributed by atoms with E-state index in [0.717, 1.165) is 89.9 Å². The molecule has 0 aromatic rings. The molecule has 304 valence electrons. The Kier molecular flexibility index (Phi) is 10.3. The van der Waals surface area contributed by atoms with Crippen molar-refractivity contribution in [3.8, 4) is 0 Å². The van der Waals surface area contributed by atoms with Gasteiger partial charge in [0.15, 0.2) is 5.78 Å². The van der Waals surface area contributed by atoms with E-state index in [9.17, 15) is 24.0 Å². The second-order valence-electron chi connectivity index (χ2n) is 21.3. The van der Waals surface area contributed by atoms with Gasteiger partial charge in [0.05, 0.1) is 12.8 Å². The second kappa shape index (κ2) is 14.4. The fourth-order valence-electron chi connectivity index (χ4n) is 15.7. The summed E-state index contributed by atoms with van der Waals surface area (Å²) in [6, 6.07) is 0. The maximum Gasteiger partial charge on any atom is 0.307 e. The molecule has 8 rings (SSSR count). The van der Waals surface area contributed by atoms with Crippen molar-refractivity contribution in [1.29, 1.82) is 0 Å². The molecule has 0 aliphatic heterocycles. The molecule has 0 aromatic heterocycles. The lowest BCUT2D eigenvalue weighted by molar-refractivity contribution is -0.170. The van der Waals surface area contributed by atoms with Gasteiger partial charge in [-0.15, -0.1) is 0 Å². The molecule has 0 bridgehead atoms. The van der Waals surface area contributed by atoms with E-state index in [2.05, 4.69) is 46.9 Å². The maximum absolute atomic E-state index is 13.1. The quantitative estimate of drug-likeness (QED) is 0.246. The molecule has 0 spiro atoms. The molecule has 0 aromatic carbocycles. The van der Waals surface area contributed by atoms with Gasteiger partial charge in [-0.05, 0) is 147 Å². The summed E-state index contributed by atoms with van der Waals surface area (Å²) in [6.45, 7) is 14.5. The lowest BCUT2D eigenvalue weighted by atomic mass is 9.43. The second-order valence-corrected chi connectivity index (χ2v) is 21.3.